The van der Waals surface area contributed by atoms with E-state index < -0.39 is 0 Å². The Labute approximate surface area is 61.4 Å². The van der Waals surface area contributed by atoms with Gasteiger partial charge in [0, 0.05) is 5.70 Å². The fraction of sp³-hybridized carbons (Fsp3) is 0.571. The van der Waals surface area contributed by atoms with Gasteiger partial charge >= 0.3 is 0 Å². The first-order chi connectivity index (χ1) is 4.20. The molecule has 0 N–H and O–H groups in total. The van der Waals surface area contributed by atoms with Crippen molar-refractivity contribution in [2.45, 2.75) is 26.7 Å². The van der Waals surface area contributed by atoms with Crippen LogP contribution in [-0.2, 0) is 0 Å². The zero-order chi connectivity index (χ0) is 7.28. The minimum Gasteiger partial charge on any atom is -0.246 e. The molecule has 0 aromatic heterocycles. The molecule has 9 heavy (non-hydrogen) atoms. The lowest BCUT2D eigenvalue weighted by Gasteiger charge is -1.93. The van der Waals surface area contributed by atoms with E-state index in [1.54, 1.807) is 0 Å². The molecule has 0 aliphatic heterocycles. The van der Waals surface area contributed by atoms with Gasteiger partial charge in [0.2, 0.25) is 0 Å². The highest BCUT2D eigenvalue weighted by Crippen LogP contribution is 2.02. The SMILES string of the molecule is C=C(CC)N=C(Cl)CC. The molecule has 0 bridgehead atoms. The van der Waals surface area contributed by atoms with E-state index in [2.05, 4.69) is 11.6 Å². The van der Waals surface area contributed by atoms with Gasteiger partial charge in [0.05, 0.1) is 0 Å². The van der Waals surface area contributed by atoms with Gasteiger partial charge in [0.25, 0.3) is 0 Å². The van der Waals surface area contributed by atoms with Crippen molar-refractivity contribution in [3.8, 4) is 0 Å². The summed E-state index contributed by atoms with van der Waals surface area (Å²) < 4.78 is 0. The Hall–Kier alpha value is -0.300. The van der Waals surface area contributed by atoms with E-state index in [1.807, 2.05) is 13.8 Å². The minimum absolute atomic E-state index is 0.641. The second-order valence-corrected chi connectivity index (χ2v) is 2.20. The van der Waals surface area contributed by atoms with Gasteiger partial charge in [-0.1, -0.05) is 32.0 Å². The normalized spacial score (nSPS) is 11.7. The molecule has 0 saturated carbocycles. The van der Waals surface area contributed by atoms with E-state index in [1.165, 1.54) is 0 Å². The third kappa shape index (κ3) is 4.22. The molecule has 0 rings (SSSR count). The lowest BCUT2D eigenvalue weighted by molar-refractivity contribution is 1.07. The smallest absolute Gasteiger partial charge is 0.106 e. The van der Waals surface area contributed by atoms with Crippen LogP contribution in [0.3, 0.4) is 0 Å². The highest BCUT2D eigenvalue weighted by Gasteiger charge is 1.88. The van der Waals surface area contributed by atoms with E-state index in [0.29, 0.717) is 5.17 Å². The number of hydrogen-bond acceptors (Lipinski definition) is 1. The maximum atomic E-state index is 5.63. The van der Waals surface area contributed by atoms with Crippen LogP contribution in [0.5, 0.6) is 0 Å². The molecule has 0 heterocycles. The van der Waals surface area contributed by atoms with E-state index in [9.17, 15) is 0 Å². The van der Waals surface area contributed by atoms with Gasteiger partial charge in [-0.15, -0.1) is 0 Å². The Kier molecular flexibility index (Phi) is 4.41. The summed E-state index contributed by atoms with van der Waals surface area (Å²) in [5, 5.41) is 0.641. The summed E-state index contributed by atoms with van der Waals surface area (Å²) in [6.45, 7) is 7.66. The second-order valence-electron chi connectivity index (χ2n) is 1.76. The third-order valence-corrected chi connectivity index (χ3v) is 1.33. The van der Waals surface area contributed by atoms with E-state index in [4.69, 9.17) is 11.6 Å². The molecule has 0 unspecified atom stereocenters. The van der Waals surface area contributed by atoms with Gasteiger partial charge < -0.3 is 0 Å². The van der Waals surface area contributed by atoms with Gasteiger partial charge in [0.15, 0.2) is 0 Å². The molecule has 0 aliphatic carbocycles. The summed E-state index contributed by atoms with van der Waals surface area (Å²) in [5.74, 6) is 0. The van der Waals surface area contributed by atoms with Crippen molar-refractivity contribution in [3.63, 3.8) is 0 Å². The van der Waals surface area contributed by atoms with Crippen LogP contribution in [0.4, 0.5) is 0 Å². The first kappa shape index (κ1) is 8.70. The average Bonchev–Trinajstić information content (AvgIpc) is 1.87. The summed E-state index contributed by atoms with van der Waals surface area (Å²) in [5.41, 5.74) is 0.849. The summed E-state index contributed by atoms with van der Waals surface area (Å²) in [7, 11) is 0. The first-order valence-electron chi connectivity index (χ1n) is 3.11. The first-order valence-corrected chi connectivity index (χ1v) is 3.49. The van der Waals surface area contributed by atoms with Gasteiger partial charge in [-0.05, 0) is 12.8 Å². The molecule has 0 amide bonds. The molecule has 52 valence electrons. The predicted molar refractivity (Wildman–Crippen MR) is 43.0 cm³/mol. The Bertz CT molecular complexity index is 127. The van der Waals surface area contributed by atoms with Crippen molar-refractivity contribution in [1.82, 2.24) is 0 Å². The Balaban J connectivity index is 3.79. The summed E-state index contributed by atoms with van der Waals surface area (Å²) in [6, 6.07) is 0. The average molecular weight is 146 g/mol. The van der Waals surface area contributed by atoms with Crippen LogP contribution in [-0.4, -0.2) is 5.17 Å². The van der Waals surface area contributed by atoms with Crippen LogP contribution < -0.4 is 0 Å². The van der Waals surface area contributed by atoms with Crippen molar-refractivity contribution in [1.29, 1.82) is 0 Å². The summed E-state index contributed by atoms with van der Waals surface area (Å²) >= 11 is 5.63. The van der Waals surface area contributed by atoms with Crippen molar-refractivity contribution < 1.29 is 0 Å². The van der Waals surface area contributed by atoms with Crippen LogP contribution in [0, 0.1) is 0 Å². The zero-order valence-corrected chi connectivity index (χ0v) is 6.70. The Morgan fingerprint density at radius 2 is 2.00 bits per heavy atom. The zero-order valence-electron chi connectivity index (χ0n) is 5.95. The molecule has 0 aromatic carbocycles. The molecular formula is C7H12ClN. The molecule has 0 spiro atoms. The van der Waals surface area contributed by atoms with Crippen molar-refractivity contribution in [3.05, 3.63) is 12.3 Å². The highest BCUT2D eigenvalue weighted by atomic mass is 35.5. The molecule has 2 heteroatoms. The lowest BCUT2D eigenvalue weighted by Crippen LogP contribution is -1.83. The summed E-state index contributed by atoms with van der Waals surface area (Å²) in [4.78, 5) is 4.00. The van der Waals surface area contributed by atoms with Crippen molar-refractivity contribution in [2.75, 3.05) is 0 Å². The monoisotopic (exact) mass is 145 g/mol. The molecule has 1 nitrogen and oxygen atoms in total. The maximum Gasteiger partial charge on any atom is 0.106 e. The molecule has 0 saturated heterocycles. The van der Waals surface area contributed by atoms with Crippen LogP contribution in [0.25, 0.3) is 0 Å². The Morgan fingerprint density at radius 3 is 2.33 bits per heavy atom. The number of nitrogens with zero attached hydrogens (tertiary/aromatic N) is 1. The Morgan fingerprint density at radius 1 is 1.44 bits per heavy atom. The fourth-order valence-corrected chi connectivity index (χ4v) is 0.449. The van der Waals surface area contributed by atoms with Gasteiger partial charge in [-0.3, -0.25) is 0 Å². The van der Waals surface area contributed by atoms with Gasteiger partial charge in [-0.25, -0.2) is 4.99 Å². The number of hydrogen-bond donors (Lipinski definition) is 0. The van der Waals surface area contributed by atoms with Gasteiger partial charge in [0.1, 0.15) is 5.17 Å². The number of aliphatic imine (C=N–C) groups is 1. The minimum atomic E-state index is 0.641. The molecule has 0 atom stereocenters. The number of allylic oxidation sites excluding steroid dienone is 1. The second kappa shape index (κ2) is 4.57. The third-order valence-electron chi connectivity index (χ3n) is 0.979. The quantitative estimate of drug-likeness (QED) is 0.542. The van der Waals surface area contributed by atoms with E-state index in [0.717, 1.165) is 18.5 Å². The number of rotatable bonds is 3. The van der Waals surface area contributed by atoms with Gasteiger partial charge in [-0.2, -0.15) is 0 Å². The van der Waals surface area contributed by atoms with E-state index >= 15 is 0 Å². The van der Waals surface area contributed by atoms with Crippen molar-refractivity contribution >= 4 is 16.8 Å². The molecule has 0 aliphatic rings. The largest absolute Gasteiger partial charge is 0.246 e. The summed E-state index contributed by atoms with van der Waals surface area (Å²) in [6.07, 6.45) is 1.66. The fourth-order valence-electron chi connectivity index (χ4n) is 0.330. The van der Waals surface area contributed by atoms with Crippen molar-refractivity contribution in [2.24, 2.45) is 4.99 Å². The lowest BCUT2D eigenvalue weighted by atomic mass is 10.4. The molecule has 0 aromatic rings. The number of halogens is 1. The van der Waals surface area contributed by atoms with E-state index in [-0.39, 0.29) is 0 Å². The predicted octanol–water partition coefficient (Wildman–Crippen LogP) is 2.96. The highest BCUT2D eigenvalue weighted by molar-refractivity contribution is 6.65. The molecule has 0 radical (unpaired) electrons. The topological polar surface area (TPSA) is 12.4 Å². The standard InChI is InChI=1S/C7H12ClN/c1-4-6(3)9-7(8)5-2/h3-5H2,1-2H3. The van der Waals surface area contributed by atoms with Crippen LogP contribution in [0.1, 0.15) is 26.7 Å². The van der Waals surface area contributed by atoms with Crippen LogP contribution >= 0.6 is 11.6 Å². The van der Waals surface area contributed by atoms with Crippen LogP contribution in [0.2, 0.25) is 0 Å². The molecule has 0 fully saturated rings. The van der Waals surface area contributed by atoms with Crippen LogP contribution in [0.15, 0.2) is 17.3 Å². The molecular weight excluding hydrogens is 134 g/mol. The maximum absolute atomic E-state index is 5.63.